The third kappa shape index (κ3) is 3.86. The summed E-state index contributed by atoms with van der Waals surface area (Å²) in [5, 5.41) is 25.5. The summed E-state index contributed by atoms with van der Waals surface area (Å²) in [5.74, 6) is -5.33. The highest BCUT2D eigenvalue weighted by atomic mass is 19.1. The molecule has 11 heteroatoms. The molecule has 4 aromatic rings. The molecule has 3 heterocycles. The molecule has 220 valence electrons. The number of rotatable bonds is 5. The van der Waals surface area contributed by atoms with Crippen molar-refractivity contribution in [3.63, 3.8) is 0 Å². The van der Waals surface area contributed by atoms with E-state index in [1.54, 1.807) is 41.3 Å². The SMILES string of the molecule is O=C1O[C@H](c2ccccc2)[C@H](c2ccccc2)N2[C@H]1[C@@H](C(=O)O)[C@]1(C(=O)Nc3ccc([N+](=O)[O-])cc31)[C@H]2c1ccc(F)cc1. The maximum atomic E-state index is 14.3. The Labute approximate surface area is 249 Å². The van der Waals surface area contributed by atoms with E-state index in [0.29, 0.717) is 16.7 Å². The van der Waals surface area contributed by atoms with Crippen molar-refractivity contribution in [3.8, 4) is 0 Å². The topological polar surface area (TPSA) is 139 Å². The van der Waals surface area contributed by atoms with Crippen LogP contribution in [0.1, 0.15) is 40.4 Å². The summed E-state index contributed by atoms with van der Waals surface area (Å²) in [5.41, 5.74) is -0.428. The normalized spacial score (nSPS) is 27.3. The van der Waals surface area contributed by atoms with E-state index in [-0.39, 0.29) is 16.9 Å². The van der Waals surface area contributed by atoms with Crippen LogP contribution in [0.4, 0.5) is 15.8 Å². The number of carboxylic acids is 1. The molecule has 1 spiro atoms. The van der Waals surface area contributed by atoms with Gasteiger partial charge in [-0.1, -0.05) is 72.8 Å². The number of cyclic esters (lactones) is 1. The summed E-state index contributed by atoms with van der Waals surface area (Å²) in [7, 11) is 0. The fourth-order valence-electron chi connectivity index (χ4n) is 7.32. The summed E-state index contributed by atoms with van der Waals surface area (Å²) >= 11 is 0. The van der Waals surface area contributed by atoms with Crippen LogP contribution in [0.2, 0.25) is 0 Å². The minimum Gasteiger partial charge on any atom is -0.481 e. The maximum Gasteiger partial charge on any atom is 0.325 e. The molecule has 0 radical (unpaired) electrons. The first-order valence-corrected chi connectivity index (χ1v) is 13.9. The summed E-state index contributed by atoms with van der Waals surface area (Å²) < 4.78 is 20.4. The number of halogens is 1. The monoisotopic (exact) mass is 593 g/mol. The standard InChI is InChI=1S/C33H24FN3O7/c34-21-13-11-20(12-14-21)29-33(23-17-22(37(42)43)15-16-24(23)35-32(33)41)25(30(38)39)27-31(40)44-28(19-9-5-2-6-10-19)26(36(27)29)18-7-3-1-4-8-18/h1-17,25-29H,(H,35,41)(H,38,39)/t25-,26-,27-,28+,29+,33-/m0/s1. The molecule has 0 bridgehead atoms. The predicted octanol–water partition coefficient (Wildman–Crippen LogP) is 5.09. The van der Waals surface area contributed by atoms with Gasteiger partial charge in [-0.05, 0) is 34.9 Å². The number of nitrogens with zero attached hydrogens (tertiary/aromatic N) is 2. The minimum atomic E-state index is -2.03. The summed E-state index contributed by atoms with van der Waals surface area (Å²) in [6.45, 7) is 0. The van der Waals surface area contributed by atoms with Crippen LogP contribution in [0.15, 0.2) is 103 Å². The zero-order valence-corrected chi connectivity index (χ0v) is 22.9. The highest BCUT2D eigenvalue weighted by Crippen LogP contribution is 2.64. The Bertz CT molecular complexity index is 1820. The molecule has 0 aliphatic carbocycles. The van der Waals surface area contributed by atoms with Gasteiger partial charge >= 0.3 is 11.9 Å². The Balaban J connectivity index is 1.57. The van der Waals surface area contributed by atoms with Crippen LogP contribution >= 0.6 is 0 Å². The predicted molar refractivity (Wildman–Crippen MR) is 154 cm³/mol. The number of morpholine rings is 1. The van der Waals surface area contributed by atoms with Crippen LogP contribution in [-0.2, 0) is 24.5 Å². The van der Waals surface area contributed by atoms with Crippen molar-refractivity contribution >= 4 is 29.2 Å². The molecule has 2 fully saturated rings. The second kappa shape index (κ2) is 10.1. The average molecular weight is 594 g/mol. The van der Waals surface area contributed by atoms with E-state index in [0.717, 1.165) is 0 Å². The summed E-state index contributed by atoms with van der Waals surface area (Å²) in [6.07, 6.45) is -0.913. The van der Waals surface area contributed by atoms with Gasteiger partial charge in [-0.15, -0.1) is 0 Å². The number of amides is 1. The third-order valence-electron chi connectivity index (χ3n) is 8.95. The number of hydrogen-bond donors (Lipinski definition) is 2. The fourth-order valence-corrected chi connectivity index (χ4v) is 7.32. The van der Waals surface area contributed by atoms with Gasteiger partial charge in [0.1, 0.15) is 29.3 Å². The molecular weight excluding hydrogens is 569 g/mol. The van der Waals surface area contributed by atoms with Gasteiger partial charge < -0.3 is 15.2 Å². The van der Waals surface area contributed by atoms with Crippen LogP contribution in [0.5, 0.6) is 0 Å². The van der Waals surface area contributed by atoms with Gasteiger partial charge in [0, 0.05) is 23.4 Å². The van der Waals surface area contributed by atoms with Crippen LogP contribution in [0, 0.1) is 21.8 Å². The molecule has 0 saturated carbocycles. The van der Waals surface area contributed by atoms with Crippen molar-refractivity contribution in [3.05, 3.63) is 141 Å². The molecule has 0 unspecified atom stereocenters. The number of benzene rings is 4. The molecule has 4 aromatic carbocycles. The number of non-ortho nitro benzene ring substituents is 1. The molecule has 7 rings (SSSR count). The second-order valence-corrected chi connectivity index (χ2v) is 11.1. The number of carbonyl (C=O) groups excluding carboxylic acids is 2. The minimum absolute atomic E-state index is 0.0729. The molecule has 3 aliphatic rings. The lowest BCUT2D eigenvalue weighted by Gasteiger charge is -2.46. The smallest absolute Gasteiger partial charge is 0.325 e. The Hall–Kier alpha value is -5.42. The van der Waals surface area contributed by atoms with Crippen molar-refractivity contribution < 1.29 is 33.5 Å². The molecule has 2 N–H and O–H groups in total. The molecule has 6 atom stereocenters. The second-order valence-electron chi connectivity index (χ2n) is 11.1. The van der Waals surface area contributed by atoms with E-state index in [1.165, 1.54) is 42.5 Å². The van der Waals surface area contributed by atoms with E-state index < -0.39 is 64.1 Å². The fraction of sp³-hybridized carbons (Fsp3) is 0.182. The highest BCUT2D eigenvalue weighted by molar-refractivity contribution is 6.11. The molecular formula is C33H24FN3O7. The number of hydrogen-bond acceptors (Lipinski definition) is 7. The van der Waals surface area contributed by atoms with Gasteiger partial charge in [0.25, 0.3) is 5.69 Å². The van der Waals surface area contributed by atoms with E-state index >= 15 is 0 Å². The number of ether oxygens (including phenoxy) is 1. The van der Waals surface area contributed by atoms with Gasteiger partial charge in [-0.2, -0.15) is 0 Å². The van der Waals surface area contributed by atoms with Gasteiger partial charge in [-0.25, -0.2) is 4.39 Å². The number of nitro groups is 1. The first-order valence-electron chi connectivity index (χ1n) is 13.9. The number of nitro benzene ring substituents is 1. The lowest BCUT2D eigenvalue weighted by molar-refractivity contribution is -0.384. The lowest BCUT2D eigenvalue weighted by Crippen LogP contribution is -2.52. The van der Waals surface area contributed by atoms with E-state index in [1.807, 2.05) is 24.3 Å². The van der Waals surface area contributed by atoms with Crippen molar-refractivity contribution in [2.75, 3.05) is 5.32 Å². The lowest BCUT2D eigenvalue weighted by atomic mass is 9.65. The number of fused-ring (bicyclic) bond motifs is 3. The first-order chi connectivity index (χ1) is 21.2. The van der Waals surface area contributed by atoms with E-state index in [4.69, 9.17) is 4.74 Å². The molecule has 3 aliphatic heterocycles. The van der Waals surface area contributed by atoms with Crippen LogP contribution < -0.4 is 5.32 Å². The van der Waals surface area contributed by atoms with Gasteiger partial charge in [0.05, 0.1) is 17.0 Å². The quantitative estimate of drug-likeness (QED) is 0.185. The number of nitrogens with one attached hydrogen (secondary N) is 1. The maximum absolute atomic E-state index is 14.3. The van der Waals surface area contributed by atoms with Crippen molar-refractivity contribution in [2.24, 2.45) is 5.92 Å². The van der Waals surface area contributed by atoms with E-state index in [9.17, 15) is 34.0 Å². The van der Waals surface area contributed by atoms with Gasteiger partial charge in [-0.3, -0.25) is 29.4 Å². The van der Waals surface area contributed by atoms with Crippen molar-refractivity contribution in [2.45, 2.75) is 29.6 Å². The number of carboxylic acid groups (broad SMARTS) is 1. The number of carbonyl (C=O) groups is 3. The number of esters is 1. The van der Waals surface area contributed by atoms with Crippen LogP contribution in [0.3, 0.4) is 0 Å². The van der Waals surface area contributed by atoms with Crippen molar-refractivity contribution in [1.29, 1.82) is 0 Å². The molecule has 10 nitrogen and oxygen atoms in total. The van der Waals surface area contributed by atoms with E-state index in [2.05, 4.69) is 5.32 Å². The largest absolute Gasteiger partial charge is 0.481 e. The summed E-state index contributed by atoms with van der Waals surface area (Å²) in [4.78, 5) is 54.7. The Kier molecular flexibility index (Phi) is 6.29. The van der Waals surface area contributed by atoms with Crippen LogP contribution in [-0.4, -0.2) is 38.8 Å². The Morgan fingerprint density at radius 2 is 1.52 bits per heavy atom. The molecule has 0 aromatic heterocycles. The molecule has 2 saturated heterocycles. The van der Waals surface area contributed by atoms with Crippen LogP contribution in [0.25, 0.3) is 0 Å². The van der Waals surface area contributed by atoms with Crippen molar-refractivity contribution in [1.82, 2.24) is 4.90 Å². The molecule has 1 amide bonds. The first kappa shape index (κ1) is 27.4. The number of anilines is 1. The Morgan fingerprint density at radius 1 is 0.886 bits per heavy atom. The summed E-state index contributed by atoms with van der Waals surface area (Å²) in [6, 6.07) is 23.7. The zero-order chi connectivity index (χ0) is 30.7. The Morgan fingerprint density at radius 3 is 2.14 bits per heavy atom. The highest BCUT2D eigenvalue weighted by Gasteiger charge is 2.74. The van der Waals surface area contributed by atoms with Gasteiger partial charge in [0.15, 0.2) is 0 Å². The van der Waals surface area contributed by atoms with Gasteiger partial charge in [0.2, 0.25) is 5.91 Å². The molecule has 44 heavy (non-hydrogen) atoms. The third-order valence-corrected chi connectivity index (χ3v) is 8.95. The number of aliphatic carboxylic acids is 1. The average Bonchev–Trinajstić information content (AvgIpc) is 3.50. The zero-order valence-electron chi connectivity index (χ0n) is 22.9.